The summed E-state index contributed by atoms with van der Waals surface area (Å²) < 4.78 is 0.599. The zero-order valence-electron chi connectivity index (χ0n) is 21.3. The van der Waals surface area contributed by atoms with Crippen LogP contribution in [0.4, 0.5) is 0 Å². The molecule has 0 amide bonds. The highest BCUT2D eigenvalue weighted by Crippen LogP contribution is 2.27. The first kappa shape index (κ1) is 30.5. The Kier molecular flexibility index (Phi) is 14.6. The third-order valence-electron chi connectivity index (χ3n) is 6.07. The van der Waals surface area contributed by atoms with Crippen molar-refractivity contribution in [2.75, 3.05) is 40.8 Å². The highest BCUT2D eigenvalue weighted by molar-refractivity contribution is 5.81. The molecule has 32 heavy (non-hydrogen) atoms. The highest BCUT2D eigenvalue weighted by Gasteiger charge is 2.49. The van der Waals surface area contributed by atoms with Crippen molar-refractivity contribution in [2.24, 2.45) is 4.99 Å². The molecule has 1 aliphatic heterocycles. The van der Waals surface area contributed by atoms with Gasteiger partial charge in [0.1, 0.15) is 6.54 Å². The molecule has 8 nitrogen and oxygen atoms in total. The Morgan fingerprint density at radius 2 is 1.47 bits per heavy atom. The van der Waals surface area contributed by atoms with E-state index in [0.29, 0.717) is 17.6 Å². The molecule has 188 valence electrons. The monoisotopic (exact) mass is 459 g/mol. The van der Waals surface area contributed by atoms with E-state index in [1.165, 1.54) is 44.9 Å². The van der Waals surface area contributed by atoms with E-state index in [0.717, 1.165) is 25.1 Å². The van der Waals surface area contributed by atoms with Gasteiger partial charge < -0.3 is 19.8 Å². The fourth-order valence-corrected chi connectivity index (χ4v) is 4.23. The SMILES string of the molecule is CCCCCCCCCCCC1=NCC[N+]1(C(C)O)C(C)C(=O)O.C[N+](C)(C)CC(=O)O. The molecule has 0 aromatic heterocycles. The highest BCUT2D eigenvalue weighted by atomic mass is 16.4. The number of carbonyl (C=O) groups is 2. The molecule has 1 rings (SSSR count). The number of unbranched alkanes of at least 4 members (excludes halogenated alkanes) is 8. The molecule has 0 aliphatic carbocycles. The predicted octanol–water partition coefficient (Wildman–Crippen LogP) is 3.72. The number of aliphatic hydroxyl groups excluding tert-OH is 1. The van der Waals surface area contributed by atoms with Gasteiger partial charge in [-0.3, -0.25) is 0 Å². The van der Waals surface area contributed by atoms with E-state index in [1.54, 1.807) is 13.8 Å². The lowest BCUT2D eigenvalue weighted by atomic mass is 10.0. The van der Waals surface area contributed by atoms with E-state index < -0.39 is 24.2 Å². The molecule has 3 atom stereocenters. The van der Waals surface area contributed by atoms with Gasteiger partial charge in [0.25, 0.3) is 0 Å². The van der Waals surface area contributed by atoms with Crippen molar-refractivity contribution < 1.29 is 33.9 Å². The molecule has 0 saturated heterocycles. The molecule has 8 heteroatoms. The lowest BCUT2D eigenvalue weighted by molar-refractivity contribution is -0.897. The van der Waals surface area contributed by atoms with Crippen molar-refractivity contribution in [1.82, 2.24) is 0 Å². The van der Waals surface area contributed by atoms with Crippen LogP contribution in [0.15, 0.2) is 4.99 Å². The molecule has 1 heterocycles. The topological polar surface area (TPSA) is 107 Å². The standard InChI is InChI=1S/C19H36N2O3.C5H11NO2/c1-4-5-6-7-8-9-10-11-12-13-18-20-14-15-21(18,17(3)22)16(2)19(23)24;1-6(2,3)4-5(7)8/h16-17,22H,4-15H2,1-3H3;4H2,1-3H3/p+2. The molecule has 0 fully saturated rings. The maximum absolute atomic E-state index is 11.5. The van der Waals surface area contributed by atoms with E-state index in [9.17, 15) is 19.8 Å². The number of carboxylic acids is 2. The van der Waals surface area contributed by atoms with Crippen LogP contribution >= 0.6 is 0 Å². The van der Waals surface area contributed by atoms with Crippen LogP contribution in [0.3, 0.4) is 0 Å². The van der Waals surface area contributed by atoms with Crippen LogP contribution in [0.25, 0.3) is 0 Å². The van der Waals surface area contributed by atoms with Gasteiger partial charge in [0.15, 0.2) is 18.8 Å². The first-order chi connectivity index (χ1) is 14.9. The average Bonchev–Trinajstić information content (AvgIpc) is 3.09. The number of aliphatic imine (C=N–C) groups is 1. The van der Waals surface area contributed by atoms with Gasteiger partial charge in [-0.05, 0) is 13.3 Å². The number of rotatable bonds is 15. The number of carboxylic acid groups (broad SMARTS) is 2. The number of aliphatic carboxylic acids is 2. The van der Waals surface area contributed by atoms with Crippen LogP contribution in [0, 0.1) is 0 Å². The van der Waals surface area contributed by atoms with Crippen LogP contribution in [-0.4, -0.2) is 95.1 Å². The molecular weight excluding hydrogens is 410 g/mol. The van der Waals surface area contributed by atoms with Crippen LogP contribution in [0.1, 0.15) is 85.0 Å². The van der Waals surface area contributed by atoms with Crippen LogP contribution in [0.2, 0.25) is 0 Å². The summed E-state index contributed by atoms with van der Waals surface area (Å²) in [5.74, 6) is -0.738. The Morgan fingerprint density at radius 3 is 1.84 bits per heavy atom. The van der Waals surface area contributed by atoms with Gasteiger partial charge in [-0.2, -0.15) is 0 Å². The molecular formula is C24H49N3O5+2. The third kappa shape index (κ3) is 11.4. The Morgan fingerprint density at radius 1 is 0.969 bits per heavy atom. The maximum Gasteiger partial charge on any atom is 0.362 e. The lowest BCUT2D eigenvalue weighted by Gasteiger charge is -2.40. The molecule has 0 bridgehead atoms. The summed E-state index contributed by atoms with van der Waals surface area (Å²) in [4.78, 5) is 26.0. The molecule has 0 spiro atoms. The van der Waals surface area contributed by atoms with Crippen molar-refractivity contribution in [2.45, 2.75) is 97.2 Å². The van der Waals surface area contributed by atoms with E-state index >= 15 is 0 Å². The van der Waals surface area contributed by atoms with Crippen LogP contribution in [0.5, 0.6) is 0 Å². The van der Waals surface area contributed by atoms with Crippen molar-refractivity contribution in [3.8, 4) is 0 Å². The number of nitrogens with zero attached hydrogens (tertiary/aromatic N) is 3. The largest absolute Gasteiger partial charge is 0.477 e. The normalized spacial score (nSPS) is 20.2. The Balaban J connectivity index is 0.00000102. The van der Waals surface area contributed by atoms with Gasteiger partial charge >= 0.3 is 11.9 Å². The summed E-state index contributed by atoms with van der Waals surface area (Å²) in [6, 6.07) is -0.648. The Hall–Kier alpha value is -1.51. The van der Waals surface area contributed by atoms with Crippen molar-refractivity contribution in [1.29, 1.82) is 0 Å². The second kappa shape index (κ2) is 15.3. The summed E-state index contributed by atoms with van der Waals surface area (Å²) in [5, 5.41) is 27.9. The molecule has 3 unspecified atom stereocenters. The molecule has 0 saturated carbocycles. The summed E-state index contributed by atoms with van der Waals surface area (Å²) in [5.41, 5.74) is 0. The second-order valence-corrected chi connectivity index (χ2v) is 10.0. The number of quaternary nitrogens is 2. The van der Waals surface area contributed by atoms with Gasteiger partial charge in [-0.25, -0.2) is 19.1 Å². The molecule has 0 radical (unpaired) electrons. The first-order valence-electron chi connectivity index (χ1n) is 12.2. The zero-order valence-corrected chi connectivity index (χ0v) is 21.3. The molecule has 0 aromatic carbocycles. The summed E-state index contributed by atoms with van der Waals surface area (Å²) >= 11 is 0. The fraction of sp³-hybridized carbons (Fsp3) is 0.875. The van der Waals surface area contributed by atoms with Gasteiger partial charge in [0.05, 0.1) is 27.7 Å². The van der Waals surface area contributed by atoms with Crippen LogP contribution in [-0.2, 0) is 9.59 Å². The molecule has 0 aromatic rings. The quantitative estimate of drug-likeness (QED) is 0.255. The molecule has 1 aliphatic rings. The number of aliphatic hydroxyl groups is 1. The maximum atomic E-state index is 11.5. The summed E-state index contributed by atoms with van der Waals surface area (Å²) in [7, 11) is 5.52. The fourth-order valence-electron chi connectivity index (χ4n) is 4.23. The minimum absolute atomic E-state index is 0.117. The Labute approximate surface area is 195 Å². The number of hydrogen-bond acceptors (Lipinski definition) is 4. The average molecular weight is 460 g/mol. The predicted molar refractivity (Wildman–Crippen MR) is 129 cm³/mol. The minimum atomic E-state index is -0.863. The van der Waals surface area contributed by atoms with E-state index in [-0.39, 0.29) is 11.0 Å². The van der Waals surface area contributed by atoms with E-state index in [1.807, 2.05) is 21.1 Å². The van der Waals surface area contributed by atoms with Gasteiger partial charge in [0, 0.05) is 13.3 Å². The van der Waals surface area contributed by atoms with Gasteiger partial charge in [-0.15, -0.1) is 0 Å². The number of likely N-dealkylation sites (N-methyl/N-ethyl adjacent to an activating group) is 1. The van der Waals surface area contributed by atoms with Crippen LogP contribution < -0.4 is 0 Å². The minimum Gasteiger partial charge on any atom is -0.477 e. The van der Waals surface area contributed by atoms with Crippen molar-refractivity contribution in [3.05, 3.63) is 0 Å². The number of amidine groups is 1. The smallest absolute Gasteiger partial charge is 0.362 e. The molecule has 3 N–H and O–H groups in total. The van der Waals surface area contributed by atoms with Gasteiger partial charge in [0.2, 0.25) is 5.84 Å². The Bertz CT molecular complexity index is 587. The first-order valence-corrected chi connectivity index (χ1v) is 12.2. The van der Waals surface area contributed by atoms with Crippen molar-refractivity contribution in [3.63, 3.8) is 0 Å². The zero-order chi connectivity index (χ0) is 24.8. The van der Waals surface area contributed by atoms with E-state index in [4.69, 9.17) is 5.11 Å². The van der Waals surface area contributed by atoms with Gasteiger partial charge in [-0.1, -0.05) is 58.3 Å². The lowest BCUT2D eigenvalue weighted by Crippen LogP contribution is -2.64. The summed E-state index contributed by atoms with van der Waals surface area (Å²) in [6.07, 6.45) is 11.5. The van der Waals surface area contributed by atoms with Crippen molar-refractivity contribution >= 4 is 17.8 Å². The third-order valence-corrected chi connectivity index (χ3v) is 6.07. The second-order valence-electron chi connectivity index (χ2n) is 10.0. The summed E-state index contributed by atoms with van der Waals surface area (Å²) in [6.45, 7) is 7.01. The number of hydrogen-bond donors (Lipinski definition) is 3. The van der Waals surface area contributed by atoms with E-state index in [2.05, 4.69) is 11.9 Å².